The van der Waals surface area contributed by atoms with Crippen molar-refractivity contribution in [2.45, 2.75) is 31.3 Å². The molecule has 0 saturated heterocycles. The lowest BCUT2D eigenvalue weighted by Crippen LogP contribution is -2.39. The molecule has 6 heteroatoms. The molecule has 2 aromatic rings. The minimum absolute atomic E-state index is 0.577. The molecule has 2 heterocycles. The predicted octanol–water partition coefficient (Wildman–Crippen LogP) is 1.09. The van der Waals surface area contributed by atoms with E-state index in [0.29, 0.717) is 12.2 Å². The maximum atomic E-state index is 10.4. The number of anilines is 1. The summed E-state index contributed by atoms with van der Waals surface area (Å²) in [5.74, 6) is 0.790. The summed E-state index contributed by atoms with van der Waals surface area (Å²) in [5, 5.41) is 10.4. The van der Waals surface area contributed by atoms with Crippen molar-refractivity contribution in [3.8, 4) is 0 Å². The molecule has 1 aliphatic carbocycles. The molecule has 0 spiro atoms. The molecular formula is C12H17N5O. The molecule has 0 aromatic carbocycles. The molecule has 1 saturated carbocycles. The van der Waals surface area contributed by atoms with Gasteiger partial charge in [0.2, 0.25) is 0 Å². The van der Waals surface area contributed by atoms with Crippen molar-refractivity contribution in [2.24, 2.45) is 0 Å². The molecule has 2 aromatic heterocycles. The number of nitrogens with zero attached hydrogens (tertiary/aromatic N) is 4. The quantitative estimate of drug-likeness (QED) is 0.849. The van der Waals surface area contributed by atoms with Crippen LogP contribution in [0.2, 0.25) is 0 Å². The van der Waals surface area contributed by atoms with Gasteiger partial charge in [-0.3, -0.25) is 0 Å². The molecule has 6 nitrogen and oxygen atoms in total. The van der Waals surface area contributed by atoms with Crippen molar-refractivity contribution < 1.29 is 5.11 Å². The predicted molar refractivity (Wildman–Crippen MR) is 68.4 cm³/mol. The fraction of sp³-hybridized carbons (Fsp3) is 0.583. The number of aliphatic hydroxyl groups is 1. The molecule has 0 unspecified atom stereocenters. The van der Waals surface area contributed by atoms with Crippen LogP contribution in [-0.2, 0) is 0 Å². The lowest BCUT2D eigenvalue weighted by Gasteiger charge is -2.29. The van der Waals surface area contributed by atoms with Gasteiger partial charge >= 0.3 is 0 Å². The Labute approximate surface area is 105 Å². The summed E-state index contributed by atoms with van der Waals surface area (Å²) >= 11 is 0. The van der Waals surface area contributed by atoms with E-state index in [2.05, 4.69) is 19.9 Å². The number of rotatable bonds is 3. The zero-order valence-corrected chi connectivity index (χ0v) is 10.4. The van der Waals surface area contributed by atoms with Crippen LogP contribution in [0.25, 0.3) is 11.2 Å². The number of nitrogens with one attached hydrogen (secondary N) is 1. The van der Waals surface area contributed by atoms with Gasteiger partial charge < -0.3 is 15.0 Å². The normalized spacial score (nSPS) is 18.3. The minimum Gasteiger partial charge on any atom is -0.388 e. The summed E-state index contributed by atoms with van der Waals surface area (Å²) in [7, 11) is 1.94. The maximum Gasteiger partial charge on any atom is 0.182 e. The van der Waals surface area contributed by atoms with Gasteiger partial charge in [0, 0.05) is 13.6 Å². The first-order valence-corrected chi connectivity index (χ1v) is 6.26. The molecule has 1 aliphatic rings. The lowest BCUT2D eigenvalue weighted by molar-refractivity contribution is 0.0558. The van der Waals surface area contributed by atoms with E-state index in [1.165, 1.54) is 6.33 Å². The van der Waals surface area contributed by atoms with Gasteiger partial charge in [-0.25, -0.2) is 15.0 Å². The highest BCUT2D eigenvalue weighted by atomic mass is 16.3. The molecule has 2 N–H and O–H groups in total. The first-order valence-electron chi connectivity index (χ1n) is 6.26. The van der Waals surface area contributed by atoms with Gasteiger partial charge in [-0.15, -0.1) is 0 Å². The van der Waals surface area contributed by atoms with Crippen LogP contribution in [0.5, 0.6) is 0 Å². The van der Waals surface area contributed by atoms with Crippen molar-refractivity contribution in [1.82, 2.24) is 19.9 Å². The number of fused-ring (bicyclic) bond motifs is 1. The average Bonchev–Trinajstić information content (AvgIpc) is 2.96. The van der Waals surface area contributed by atoms with Crippen molar-refractivity contribution in [3.05, 3.63) is 12.7 Å². The molecule has 3 rings (SSSR count). The number of hydrogen-bond acceptors (Lipinski definition) is 5. The zero-order chi connectivity index (χ0) is 12.6. The van der Waals surface area contributed by atoms with Crippen LogP contribution in [0.1, 0.15) is 25.7 Å². The van der Waals surface area contributed by atoms with E-state index in [0.717, 1.165) is 37.0 Å². The van der Waals surface area contributed by atoms with E-state index < -0.39 is 5.60 Å². The second-order valence-corrected chi connectivity index (χ2v) is 5.09. The molecule has 0 radical (unpaired) electrons. The Hall–Kier alpha value is -1.69. The highest BCUT2D eigenvalue weighted by Gasteiger charge is 2.33. The summed E-state index contributed by atoms with van der Waals surface area (Å²) in [6.07, 6.45) is 7.07. The third-order valence-corrected chi connectivity index (χ3v) is 3.63. The second-order valence-electron chi connectivity index (χ2n) is 5.09. The Kier molecular flexibility index (Phi) is 2.66. The fourth-order valence-corrected chi connectivity index (χ4v) is 2.75. The van der Waals surface area contributed by atoms with Gasteiger partial charge in [0.25, 0.3) is 0 Å². The van der Waals surface area contributed by atoms with E-state index in [4.69, 9.17) is 0 Å². The van der Waals surface area contributed by atoms with E-state index in [1.54, 1.807) is 6.33 Å². The Balaban J connectivity index is 1.87. The molecule has 0 aliphatic heterocycles. The monoisotopic (exact) mass is 247 g/mol. The molecule has 96 valence electrons. The van der Waals surface area contributed by atoms with E-state index in [-0.39, 0.29) is 0 Å². The van der Waals surface area contributed by atoms with Crippen LogP contribution in [-0.4, -0.2) is 44.2 Å². The number of aromatic nitrogens is 4. The molecule has 18 heavy (non-hydrogen) atoms. The summed E-state index contributed by atoms with van der Waals surface area (Å²) < 4.78 is 0. The molecule has 0 bridgehead atoms. The molecular weight excluding hydrogens is 230 g/mol. The van der Waals surface area contributed by atoms with Crippen molar-refractivity contribution in [1.29, 1.82) is 0 Å². The van der Waals surface area contributed by atoms with E-state index in [9.17, 15) is 5.11 Å². The number of likely N-dealkylation sites (N-methyl/N-ethyl adjacent to an activating group) is 1. The highest BCUT2D eigenvalue weighted by molar-refractivity contribution is 5.82. The van der Waals surface area contributed by atoms with E-state index >= 15 is 0 Å². The van der Waals surface area contributed by atoms with Crippen molar-refractivity contribution in [2.75, 3.05) is 18.5 Å². The first kappa shape index (κ1) is 11.4. The summed E-state index contributed by atoms with van der Waals surface area (Å²) in [5.41, 5.74) is 0.901. The topological polar surface area (TPSA) is 77.9 Å². The number of aromatic amines is 1. The maximum absolute atomic E-state index is 10.4. The van der Waals surface area contributed by atoms with Crippen LogP contribution in [0.4, 0.5) is 5.82 Å². The van der Waals surface area contributed by atoms with Crippen molar-refractivity contribution >= 4 is 17.0 Å². The van der Waals surface area contributed by atoms with Gasteiger partial charge in [-0.1, -0.05) is 12.8 Å². The summed E-state index contributed by atoms with van der Waals surface area (Å²) in [6, 6.07) is 0. The smallest absolute Gasteiger partial charge is 0.182 e. The Morgan fingerprint density at radius 2 is 2.11 bits per heavy atom. The number of H-pyrrole nitrogens is 1. The van der Waals surface area contributed by atoms with Crippen LogP contribution in [0.15, 0.2) is 12.7 Å². The van der Waals surface area contributed by atoms with Gasteiger partial charge in [-0.05, 0) is 12.8 Å². The van der Waals surface area contributed by atoms with Crippen molar-refractivity contribution in [3.63, 3.8) is 0 Å². The Morgan fingerprint density at radius 3 is 2.89 bits per heavy atom. The highest BCUT2D eigenvalue weighted by Crippen LogP contribution is 2.31. The number of hydrogen-bond donors (Lipinski definition) is 2. The molecule has 0 amide bonds. The second kappa shape index (κ2) is 4.20. The third kappa shape index (κ3) is 1.92. The largest absolute Gasteiger partial charge is 0.388 e. The summed E-state index contributed by atoms with van der Waals surface area (Å²) in [4.78, 5) is 17.5. The van der Waals surface area contributed by atoms with Gasteiger partial charge in [-0.2, -0.15) is 0 Å². The van der Waals surface area contributed by atoms with Crippen LogP contribution in [0.3, 0.4) is 0 Å². The zero-order valence-electron chi connectivity index (χ0n) is 10.4. The van der Waals surface area contributed by atoms with Crippen LogP contribution >= 0.6 is 0 Å². The standard InChI is InChI=1S/C12H17N5O/c1-17(6-12(18)4-2-3-5-12)11-9-10(14-7-13-9)15-8-16-11/h7-8,18H,2-6H2,1H3,(H,13,14,15,16). The average molecular weight is 247 g/mol. The minimum atomic E-state index is -0.577. The SMILES string of the molecule is CN(CC1(O)CCCC1)c1ncnc2nc[nH]c12. The number of imidazole rings is 1. The van der Waals surface area contributed by atoms with Crippen LogP contribution in [0, 0.1) is 0 Å². The van der Waals surface area contributed by atoms with Gasteiger partial charge in [0.15, 0.2) is 11.5 Å². The Bertz CT molecular complexity index is 546. The molecule has 0 atom stereocenters. The van der Waals surface area contributed by atoms with Gasteiger partial charge in [0.05, 0.1) is 11.9 Å². The third-order valence-electron chi connectivity index (χ3n) is 3.63. The fourth-order valence-electron chi connectivity index (χ4n) is 2.75. The molecule has 1 fully saturated rings. The Morgan fingerprint density at radius 1 is 1.33 bits per heavy atom. The van der Waals surface area contributed by atoms with E-state index in [1.807, 2.05) is 11.9 Å². The van der Waals surface area contributed by atoms with Gasteiger partial charge in [0.1, 0.15) is 11.8 Å². The van der Waals surface area contributed by atoms with Crippen LogP contribution < -0.4 is 4.90 Å². The summed E-state index contributed by atoms with van der Waals surface area (Å²) in [6.45, 7) is 0.595. The lowest BCUT2D eigenvalue weighted by atomic mass is 10.0. The first-order chi connectivity index (χ1) is 8.68.